The van der Waals surface area contributed by atoms with Gasteiger partial charge >= 0.3 is 0 Å². The molecule has 4 aliphatic rings. The normalized spacial score (nSPS) is 61.5. The molecule has 4 bridgehead atoms. The van der Waals surface area contributed by atoms with Gasteiger partial charge < -0.3 is 15.3 Å². The lowest BCUT2D eigenvalue weighted by Gasteiger charge is -2.44. The molecule has 0 amide bonds. The Morgan fingerprint density at radius 1 is 0.857 bits per heavy atom. The molecule has 4 unspecified atom stereocenters. The predicted molar refractivity (Wildman–Crippen MR) is 50.5 cm³/mol. The standard InChI is InChI=1S/C11H18O3/c12-9-7-1-6-2-8(10(9)13)5-11(14,3-6)4-7/h6-10,12-14H,1-5H2. The monoisotopic (exact) mass is 198 g/mol. The zero-order chi connectivity index (χ0) is 9.92. The zero-order valence-electron chi connectivity index (χ0n) is 8.26. The van der Waals surface area contributed by atoms with Crippen LogP contribution in [0, 0.1) is 17.8 Å². The number of hydrogen-bond acceptors (Lipinski definition) is 3. The third-order valence-electron chi connectivity index (χ3n) is 4.54. The second kappa shape index (κ2) is 2.71. The topological polar surface area (TPSA) is 60.7 Å². The molecule has 80 valence electrons. The Balaban J connectivity index is 1.99. The molecule has 0 heterocycles. The maximum Gasteiger partial charge on any atom is 0.0831 e. The number of aliphatic hydroxyl groups is 3. The Bertz CT molecular complexity index is 233. The van der Waals surface area contributed by atoms with E-state index in [0.717, 1.165) is 19.3 Å². The van der Waals surface area contributed by atoms with Crippen molar-refractivity contribution in [1.29, 1.82) is 0 Å². The van der Waals surface area contributed by atoms with Crippen molar-refractivity contribution in [3.8, 4) is 0 Å². The summed E-state index contributed by atoms with van der Waals surface area (Å²) < 4.78 is 0. The first-order chi connectivity index (χ1) is 6.57. The van der Waals surface area contributed by atoms with Gasteiger partial charge in [-0.15, -0.1) is 0 Å². The Morgan fingerprint density at radius 3 is 1.79 bits per heavy atom. The minimum Gasteiger partial charge on any atom is -0.390 e. The number of fused-ring (bicyclic) bond motifs is 1. The van der Waals surface area contributed by atoms with Gasteiger partial charge in [-0.1, -0.05) is 0 Å². The van der Waals surface area contributed by atoms with Crippen molar-refractivity contribution < 1.29 is 15.3 Å². The highest BCUT2D eigenvalue weighted by atomic mass is 16.3. The summed E-state index contributed by atoms with van der Waals surface area (Å²) in [7, 11) is 0. The van der Waals surface area contributed by atoms with E-state index in [1.807, 2.05) is 0 Å². The molecule has 0 aromatic rings. The third kappa shape index (κ3) is 1.16. The summed E-state index contributed by atoms with van der Waals surface area (Å²) in [5.41, 5.74) is -0.574. The van der Waals surface area contributed by atoms with E-state index in [2.05, 4.69) is 0 Å². The highest BCUT2D eigenvalue weighted by molar-refractivity contribution is 5.04. The Kier molecular flexibility index (Phi) is 1.77. The average molecular weight is 198 g/mol. The van der Waals surface area contributed by atoms with E-state index in [-0.39, 0.29) is 11.8 Å². The molecule has 3 N–H and O–H groups in total. The van der Waals surface area contributed by atoms with E-state index in [9.17, 15) is 15.3 Å². The summed E-state index contributed by atoms with van der Waals surface area (Å²) in [5, 5.41) is 30.1. The minimum atomic E-state index is -0.598. The number of rotatable bonds is 0. The van der Waals surface area contributed by atoms with Gasteiger partial charge in [-0.3, -0.25) is 0 Å². The molecular formula is C11H18O3. The van der Waals surface area contributed by atoms with Crippen LogP contribution in [0.5, 0.6) is 0 Å². The van der Waals surface area contributed by atoms with Crippen LogP contribution in [-0.4, -0.2) is 33.1 Å². The molecule has 4 atom stereocenters. The van der Waals surface area contributed by atoms with Crippen LogP contribution in [0.15, 0.2) is 0 Å². The Labute approximate surface area is 83.8 Å². The minimum absolute atomic E-state index is 0.126. The van der Waals surface area contributed by atoms with Gasteiger partial charge in [-0.2, -0.15) is 0 Å². The van der Waals surface area contributed by atoms with E-state index < -0.39 is 17.8 Å². The quantitative estimate of drug-likeness (QED) is 0.524. The average Bonchev–Trinajstić information content (AvgIpc) is 2.21. The van der Waals surface area contributed by atoms with Crippen LogP contribution in [0.1, 0.15) is 32.1 Å². The molecule has 4 aliphatic carbocycles. The third-order valence-corrected chi connectivity index (χ3v) is 4.54. The van der Waals surface area contributed by atoms with Gasteiger partial charge in [-0.05, 0) is 49.9 Å². The fraction of sp³-hybridized carbons (Fsp3) is 1.00. The van der Waals surface area contributed by atoms with Crippen molar-refractivity contribution in [3.05, 3.63) is 0 Å². The van der Waals surface area contributed by atoms with Gasteiger partial charge in [-0.25, -0.2) is 0 Å². The van der Waals surface area contributed by atoms with E-state index >= 15 is 0 Å². The van der Waals surface area contributed by atoms with E-state index in [0.29, 0.717) is 18.8 Å². The molecular weight excluding hydrogens is 180 g/mol. The molecule has 0 aromatic heterocycles. The maximum absolute atomic E-state index is 10.3. The fourth-order valence-electron chi connectivity index (χ4n) is 4.13. The number of aliphatic hydroxyl groups excluding tert-OH is 2. The molecule has 0 spiro atoms. The SMILES string of the molecule is OC1C2CC3CC(CC(O)(C3)C2)C1O. The molecule has 0 saturated heterocycles. The summed E-state index contributed by atoms with van der Waals surface area (Å²) in [4.78, 5) is 0. The number of hydrogen-bond donors (Lipinski definition) is 3. The van der Waals surface area contributed by atoms with Gasteiger partial charge in [0.1, 0.15) is 0 Å². The predicted octanol–water partition coefficient (Wildman–Crippen LogP) is 0.279. The maximum atomic E-state index is 10.3. The van der Waals surface area contributed by atoms with Crippen molar-refractivity contribution in [1.82, 2.24) is 0 Å². The van der Waals surface area contributed by atoms with Crippen LogP contribution in [0.25, 0.3) is 0 Å². The summed E-state index contributed by atoms with van der Waals surface area (Å²) in [6, 6.07) is 0. The molecule has 0 radical (unpaired) electrons. The van der Waals surface area contributed by atoms with Crippen molar-refractivity contribution in [3.63, 3.8) is 0 Å². The largest absolute Gasteiger partial charge is 0.390 e. The van der Waals surface area contributed by atoms with E-state index in [1.54, 1.807) is 0 Å². The molecule has 14 heavy (non-hydrogen) atoms. The lowest BCUT2D eigenvalue weighted by atomic mass is 9.65. The Morgan fingerprint density at radius 2 is 1.36 bits per heavy atom. The highest BCUT2D eigenvalue weighted by Gasteiger charge is 2.53. The smallest absolute Gasteiger partial charge is 0.0831 e. The molecule has 3 nitrogen and oxygen atoms in total. The second-order valence-electron chi connectivity index (χ2n) is 5.68. The summed E-state index contributed by atoms with van der Waals surface area (Å²) >= 11 is 0. The highest BCUT2D eigenvalue weighted by Crippen LogP contribution is 2.53. The zero-order valence-corrected chi connectivity index (χ0v) is 8.26. The first-order valence-electron chi connectivity index (χ1n) is 5.66. The van der Waals surface area contributed by atoms with Crippen LogP contribution in [0.4, 0.5) is 0 Å². The summed E-state index contributed by atoms with van der Waals surface area (Å²) in [5.74, 6) is 0.784. The van der Waals surface area contributed by atoms with E-state index in [4.69, 9.17) is 0 Å². The van der Waals surface area contributed by atoms with Crippen molar-refractivity contribution in [2.45, 2.75) is 49.9 Å². The van der Waals surface area contributed by atoms with Crippen molar-refractivity contribution in [2.75, 3.05) is 0 Å². The van der Waals surface area contributed by atoms with Gasteiger partial charge in [0.15, 0.2) is 0 Å². The van der Waals surface area contributed by atoms with Crippen molar-refractivity contribution >= 4 is 0 Å². The van der Waals surface area contributed by atoms with Crippen LogP contribution >= 0.6 is 0 Å². The lowest BCUT2D eigenvalue weighted by molar-refractivity contribution is -0.0786. The Hall–Kier alpha value is -0.120. The van der Waals surface area contributed by atoms with Crippen LogP contribution in [0.2, 0.25) is 0 Å². The van der Waals surface area contributed by atoms with E-state index in [1.165, 1.54) is 0 Å². The lowest BCUT2D eigenvalue weighted by Crippen LogP contribution is -2.43. The van der Waals surface area contributed by atoms with Crippen LogP contribution in [0.3, 0.4) is 0 Å². The van der Waals surface area contributed by atoms with Crippen molar-refractivity contribution in [2.24, 2.45) is 17.8 Å². The second-order valence-corrected chi connectivity index (χ2v) is 5.68. The van der Waals surface area contributed by atoms with Gasteiger partial charge in [0.05, 0.1) is 17.8 Å². The molecule has 0 aliphatic heterocycles. The first-order valence-corrected chi connectivity index (χ1v) is 5.66. The first kappa shape index (κ1) is 9.13. The van der Waals surface area contributed by atoms with Gasteiger partial charge in [0.25, 0.3) is 0 Å². The molecule has 3 heteroatoms. The van der Waals surface area contributed by atoms with Gasteiger partial charge in [0.2, 0.25) is 0 Å². The fourth-order valence-corrected chi connectivity index (χ4v) is 4.13. The molecule has 4 saturated carbocycles. The molecule has 0 aromatic carbocycles. The summed E-state index contributed by atoms with van der Waals surface area (Å²) in [6.07, 6.45) is 3.07. The molecule has 4 fully saturated rings. The van der Waals surface area contributed by atoms with Crippen LogP contribution in [-0.2, 0) is 0 Å². The van der Waals surface area contributed by atoms with Crippen LogP contribution < -0.4 is 0 Å². The van der Waals surface area contributed by atoms with Gasteiger partial charge in [0, 0.05) is 0 Å². The molecule has 4 rings (SSSR count). The summed E-state index contributed by atoms with van der Waals surface area (Å²) in [6.45, 7) is 0.